The van der Waals surface area contributed by atoms with Gasteiger partial charge in [-0.2, -0.15) is 8.42 Å². The summed E-state index contributed by atoms with van der Waals surface area (Å²) in [6.45, 7) is 0.631. The largest absolute Gasteiger partial charge is 0.330 e. The molecule has 6 heteroatoms. The molecule has 1 aliphatic heterocycles. The van der Waals surface area contributed by atoms with E-state index in [1.165, 1.54) is 0 Å². The fourth-order valence-corrected chi connectivity index (χ4v) is 1.63. The van der Waals surface area contributed by atoms with Crippen molar-refractivity contribution >= 4 is 15.2 Å². The first-order chi connectivity index (χ1) is 5.02. The molecular weight excluding hydrogens is 170 g/mol. The first-order valence-electron chi connectivity index (χ1n) is 3.26. The topological polar surface area (TPSA) is 83.5 Å². The number of rotatable bonds is 1. The molecule has 1 atom stereocenters. The fraction of sp³-hybridized carbons (Fsp3) is 0.800. The van der Waals surface area contributed by atoms with E-state index in [2.05, 4.69) is 5.32 Å². The number of hydrogen-bond acceptors (Lipinski definition) is 4. The van der Waals surface area contributed by atoms with E-state index in [0.717, 1.165) is 6.42 Å². The molecule has 0 radical (unpaired) electrons. The molecular formula is C5H9NO4S. The van der Waals surface area contributed by atoms with Crippen molar-refractivity contribution in [2.75, 3.05) is 6.54 Å². The van der Waals surface area contributed by atoms with Gasteiger partial charge in [-0.1, -0.05) is 0 Å². The number of nitrogens with one attached hydrogen (secondary N) is 1. The lowest BCUT2D eigenvalue weighted by atomic mass is 10.2. The highest BCUT2D eigenvalue weighted by Gasteiger charge is 2.30. The molecule has 64 valence electrons. The lowest BCUT2D eigenvalue weighted by Crippen LogP contribution is -2.35. The Morgan fingerprint density at radius 3 is 2.55 bits per heavy atom. The van der Waals surface area contributed by atoms with Crippen molar-refractivity contribution in [1.29, 1.82) is 0 Å². The predicted molar refractivity (Wildman–Crippen MR) is 37.6 cm³/mol. The smallest absolute Gasteiger partial charge is 0.306 e. The predicted octanol–water partition coefficient (Wildman–Crippen LogP) is -0.847. The molecule has 0 aromatic carbocycles. The molecule has 1 fully saturated rings. The van der Waals surface area contributed by atoms with Crippen LogP contribution in [-0.4, -0.2) is 30.7 Å². The zero-order valence-electron chi connectivity index (χ0n) is 5.78. The van der Waals surface area contributed by atoms with Crippen LogP contribution in [0.2, 0.25) is 0 Å². The van der Waals surface area contributed by atoms with Gasteiger partial charge in [0.25, 0.3) is 5.12 Å². The highest BCUT2D eigenvalue weighted by atomic mass is 32.2. The van der Waals surface area contributed by atoms with E-state index in [1.54, 1.807) is 0 Å². The second-order valence-electron chi connectivity index (χ2n) is 2.44. The van der Waals surface area contributed by atoms with Crippen molar-refractivity contribution in [2.24, 2.45) is 0 Å². The minimum absolute atomic E-state index is 0.485. The maximum Gasteiger partial charge on any atom is 0.330 e. The zero-order chi connectivity index (χ0) is 8.48. The van der Waals surface area contributed by atoms with E-state index in [1.807, 2.05) is 0 Å². The van der Waals surface area contributed by atoms with Crippen molar-refractivity contribution in [2.45, 2.75) is 18.9 Å². The van der Waals surface area contributed by atoms with Crippen LogP contribution in [-0.2, 0) is 14.9 Å². The second kappa shape index (κ2) is 2.88. The molecule has 0 aromatic rings. The van der Waals surface area contributed by atoms with Gasteiger partial charge < -0.3 is 5.32 Å². The highest BCUT2D eigenvalue weighted by molar-refractivity contribution is 8.01. The number of carbonyl (C=O) groups excluding carboxylic acids is 1. The molecule has 0 spiro atoms. The molecule has 0 amide bonds. The van der Waals surface area contributed by atoms with Gasteiger partial charge in [0, 0.05) is 0 Å². The van der Waals surface area contributed by atoms with Crippen LogP contribution in [0.25, 0.3) is 0 Å². The third kappa shape index (κ3) is 1.98. The van der Waals surface area contributed by atoms with Crippen LogP contribution in [0.1, 0.15) is 12.8 Å². The van der Waals surface area contributed by atoms with Crippen molar-refractivity contribution in [3.63, 3.8) is 0 Å². The Morgan fingerprint density at radius 2 is 2.18 bits per heavy atom. The summed E-state index contributed by atoms with van der Waals surface area (Å²) in [5.41, 5.74) is 0. The van der Waals surface area contributed by atoms with Gasteiger partial charge >= 0.3 is 10.1 Å². The molecule has 1 aliphatic rings. The molecule has 1 heterocycles. The minimum atomic E-state index is -4.49. The van der Waals surface area contributed by atoms with Gasteiger partial charge in [-0.3, -0.25) is 9.35 Å². The average Bonchev–Trinajstić information content (AvgIpc) is 2.34. The van der Waals surface area contributed by atoms with Crippen LogP contribution < -0.4 is 5.32 Å². The van der Waals surface area contributed by atoms with E-state index in [0.29, 0.717) is 13.0 Å². The molecule has 0 aromatic heterocycles. The summed E-state index contributed by atoms with van der Waals surface area (Å²) < 4.78 is 28.9. The third-order valence-corrected chi connectivity index (χ3v) is 2.39. The molecule has 0 aliphatic carbocycles. The summed E-state index contributed by atoms with van der Waals surface area (Å²) >= 11 is 0. The van der Waals surface area contributed by atoms with Gasteiger partial charge in [-0.25, -0.2) is 0 Å². The Labute approximate surface area is 64.5 Å². The lowest BCUT2D eigenvalue weighted by Gasteiger charge is -2.04. The third-order valence-electron chi connectivity index (χ3n) is 1.60. The second-order valence-corrected chi connectivity index (χ2v) is 3.80. The van der Waals surface area contributed by atoms with Crippen LogP contribution in [0.15, 0.2) is 0 Å². The molecule has 11 heavy (non-hydrogen) atoms. The van der Waals surface area contributed by atoms with E-state index < -0.39 is 21.3 Å². The molecule has 0 bridgehead atoms. The maximum atomic E-state index is 10.8. The first kappa shape index (κ1) is 8.63. The van der Waals surface area contributed by atoms with E-state index in [4.69, 9.17) is 4.55 Å². The minimum Gasteiger partial charge on any atom is -0.306 e. The van der Waals surface area contributed by atoms with Gasteiger partial charge in [0.2, 0.25) is 0 Å². The van der Waals surface area contributed by atoms with Crippen molar-refractivity contribution in [3.05, 3.63) is 0 Å². The molecule has 2 N–H and O–H groups in total. The van der Waals surface area contributed by atoms with Crippen LogP contribution in [0, 0.1) is 0 Å². The summed E-state index contributed by atoms with van der Waals surface area (Å²) in [6.07, 6.45) is 1.25. The lowest BCUT2D eigenvalue weighted by molar-refractivity contribution is -0.113. The standard InChI is InChI=1S/C5H9NO4S/c7-5(11(8,9)10)4-2-1-3-6-4/h4,6H,1-3H2,(H,8,9,10)/t4-/m0/s1. The molecule has 5 nitrogen and oxygen atoms in total. The van der Waals surface area contributed by atoms with Crippen molar-refractivity contribution in [1.82, 2.24) is 5.32 Å². The quantitative estimate of drug-likeness (QED) is 0.512. The Kier molecular flexibility index (Phi) is 2.26. The highest BCUT2D eigenvalue weighted by Crippen LogP contribution is 2.08. The number of hydrogen-bond donors (Lipinski definition) is 2. The van der Waals surface area contributed by atoms with Gasteiger partial charge in [-0.15, -0.1) is 0 Å². The van der Waals surface area contributed by atoms with Crippen LogP contribution in [0.5, 0.6) is 0 Å². The van der Waals surface area contributed by atoms with Crippen molar-refractivity contribution in [3.8, 4) is 0 Å². The van der Waals surface area contributed by atoms with Crippen LogP contribution >= 0.6 is 0 Å². The van der Waals surface area contributed by atoms with Crippen LogP contribution in [0.3, 0.4) is 0 Å². The van der Waals surface area contributed by atoms with Crippen LogP contribution in [0.4, 0.5) is 0 Å². The summed E-state index contributed by atoms with van der Waals surface area (Å²) in [7, 11) is -4.49. The normalized spacial score (nSPS) is 25.4. The molecule has 0 saturated carbocycles. The summed E-state index contributed by atoms with van der Waals surface area (Å²) in [5.74, 6) is 0. The summed E-state index contributed by atoms with van der Waals surface area (Å²) in [4.78, 5) is 10.8. The zero-order valence-corrected chi connectivity index (χ0v) is 6.60. The number of carbonyl (C=O) groups is 1. The monoisotopic (exact) mass is 179 g/mol. The van der Waals surface area contributed by atoms with Gasteiger partial charge in [0.15, 0.2) is 0 Å². The first-order valence-corrected chi connectivity index (χ1v) is 4.70. The van der Waals surface area contributed by atoms with Crippen molar-refractivity contribution < 1.29 is 17.8 Å². The van der Waals surface area contributed by atoms with E-state index >= 15 is 0 Å². The fourth-order valence-electron chi connectivity index (χ4n) is 1.07. The van der Waals surface area contributed by atoms with E-state index in [9.17, 15) is 13.2 Å². The Morgan fingerprint density at radius 1 is 1.55 bits per heavy atom. The van der Waals surface area contributed by atoms with Gasteiger partial charge in [-0.05, 0) is 19.4 Å². The summed E-state index contributed by atoms with van der Waals surface area (Å²) in [5, 5.41) is 1.56. The average molecular weight is 179 g/mol. The van der Waals surface area contributed by atoms with Gasteiger partial charge in [0.05, 0.1) is 6.04 Å². The molecule has 1 saturated heterocycles. The Hall–Kier alpha value is -0.460. The maximum absolute atomic E-state index is 10.8. The van der Waals surface area contributed by atoms with E-state index in [-0.39, 0.29) is 0 Å². The SMILES string of the molecule is O=C([C@@H]1CCCN1)S(=O)(=O)O. The molecule has 0 unspecified atom stereocenters. The van der Waals surface area contributed by atoms with Gasteiger partial charge in [0.1, 0.15) is 0 Å². The Balaban J connectivity index is 2.69. The summed E-state index contributed by atoms with van der Waals surface area (Å²) in [6, 6.07) is -0.704. The molecule has 1 rings (SSSR count). The Bertz CT molecular complexity index is 252.